The molecule has 0 spiro atoms. The molecule has 1 heterocycles. The SMILES string of the molecule is CCNC(=NCc1ccccc1CN1CCCCC1)NC(C)CCS(C)(=O)=O. The fourth-order valence-electron chi connectivity index (χ4n) is 3.41. The molecule has 158 valence electrons. The van der Waals surface area contributed by atoms with E-state index in [1.807, 2.05) is 13.8 Å². The maximum Gasteiger partial charge on any atom is 0.191 e. The first-order valence-corrected chi connectivity index (χ1v) is 12.4. The highest BCUT2D eigenvalue weighted by Gasteiger charge is 2.13. The lowest BCUT2D eigenvalue weighted by Gasteiger charge is -2.27. The first-order chi connectivity index (χ1) is 13.4. The molecule has 1 unspecified atom stereocenters. The molecule has 1 fully saturated rings. The first-order valence-electron chi connectivity index (χ1n) is 10.4. The Morgan fingerprint density at radius 1 is 1.18 bits per heavy atom. The van der Waals surface area contributed by atoms with Crippen LogP contribution in [-0.2, 0) is 22.9 Å². The minimum absolute atomic E-state index is 0.0381. The summed E-state index contributed by atoms with van der Waals surface area (Å²) in [4.78, 5) is 7.28. The predicted octanol–water partition coefficient (Wildman–Crippen LogP) is 2.55. The summed E-state index contributed by atoms with van der Waals surface area (Å²) in [5.74, 6) is 0.912. The molecule has 0 saturated carbocycles. The number of likely N-dealkylation sites (tertiary alicyclic amines) is 1. The van der Waals surface area contributed by atoms with Gasteiger partial charge >= 0.3 is 0 Å². The van der Waals surface area contributed by atoms with Crippen LogP contribution in [0.4, 0.5) is 0 Å². The number of guanidine groups is 1. The molecule has 2 N–H and O–H groups in total. The van der Waals surface area contributed by atoms with Crippen molar-refractivity contribution in [1.82, 2.24) is 15.5 Å². The second-order valence-corrected chi connectivity index (χ2v) is 10.0. The Hall–Kier alpha value is -1.60. The van der Waals surface area contributed by atoms with Crippen LogP contribution in [0.15, 0.2) is 29.3 Å². The van der Waals surface area contributed by atoms with Crippen LogP contribution in [-0.4, -0.2) is 57.0 Å². The monoisotopic (exact) mass is 408 g/mol. The summed E-state index contributed by atoms with van der Waals surface area (Å²) in [6.07, 6.45) is 5.77. The molecule has 2 rings (SSSR count). The number of hydrogen-bond donors (Lipinski definition) is 2. The smallest absolute Gasteiger partial charge is 0.191 e. The van der Waals surface area contributed by atoms with Crippen LogP contribution in [0.1, 0.15) is 50.7 Å². The molecule has 0 amide bonds. The van der Waals surface area contributed by atoms with Crippen molar-refractivity contribution in [3.63, 3.8) is 0 Å². The fraction of sp³-hybridized carbons (Fsp3) is 0.667. The van der Waals surface area contributed by atoms with Crippen LogP contribution in [0.3, 0.4) is 0 Å². The fourth-order valence-corrected chi connectivity index (χ4v) is 4.19. The second kappa shape index (κ2) is 11.4. The van der Waals surface area contributed by atoms with Crippen molar-refractivity contribution < 1.29 is 8.42 Å². The van der Waals surface area contributed by atoms with Crippen LogP contribution in [0.5, 0.6) is 0 Å². The molecule has 1 aromatic carbocycles. The summed E-state index contributed by atoms with van der Waals surface area (Å²) in [6.45, 7) is 8.74. The average molecular weight is 409 g/mol. The summed E-state index contributed by atoms with van der Waals surface area (Å²) < 4.78 is 22.8. The lowest BCUT2D eigenvalue weighted by Crippen LogP contribution is -2.42. The van der Waals surface area contributed by atoms with Gasteiger partial charge in [-0.15, -0.1) is 0 Å². The zero-order valence-electron chi connectivity index (χ0n) is 17.6. The molecule has 28 heavy (non-hydrogen) atoms. The van der Waals surface area contributed by atoms with Crippen molar-refractivity contribution in [2.24, 2.45) is 4.99 Å². The summed E-state index contributed by atoms with van der Waals surface area (Å²) in [5.41, 5.74) is 2.59. The lowest BCUT2D eigenvalue weighted by atomic mass is 10.1. The predicted molar refractivity (Wildman–Crippen MR) is 117 cm³/mol. The first kappa shape index (κ1) is 22.7. The van der Waals surface area contributed by atoms with E-state index in [1.54, 1.807) is 0 Å². The molecule has 6 nitrogen and oxygen atoms in total. The zero-order valence-corrected chi connectivity index (χ0v) is 18.4. The van der Waals surface area contributed by atoms with E-state index in [0.717, 1.165) is 19.0 Å². The molecule has 0 aliphatic carbocycles. The van der Waals surface area contributed by atoms with Gasteiger partial charge in [0.15, 0.2) is 5.96 Å². The Bertz CT molecular complexity index is 728. The van der Waals surface area contributed by atoms with E-state index < -0.39 is 9.84 Å². The summed E-state index contributed by atoms with van der Waals surface area (Å²) in [7, 11) is -2.95. The highest BCUT2D eigenvalue weighted by Crippen LogP contribution is 2.16. The Balaban J connectivity index is 1.99. The van der Waals surface area contributed by atoms with Gasteiger partial charge in [-0.3, -0.25) is 4.90 Å². The maximum absolute atomic E-state index is 11.4. The van der Waals surface area contributed by atoms with Gasteiger partial charge < -0.3 is 10.6 Å². The number of benzene rings is 1. The van der Waals surface area contributed by atoms with Gasteiger partial charge in [0.2, 0.25) is 0 Å². The second-order valence-electron chi connectivity index (χ2n) is 7.76. The number of hydrogen-bond acceptors (Lipinski definition) is 4. The topological polar surface area (TPSA) is 73.8 Å². The van der Waals surface area contributed by atoms with Crippen molar-refractivity contribution in [3.05, 3.63) is 35.4 Å². The van der Waals surface area contributed by atoms with Gasteiger partial charge in [0, 0.05) is 25.4 Å². The number of aliphatic imine (C=N–C) groups is 1. The van der Waals surface area contributed by atoms with Crippen molar-refractivity contribution in [2.75, 3.05) is 31.6 Å². The van der Waals surface area contributed by atoms with Crippen molar-refractivity contribution in [1.29, 1.82) is 0 Å². The number of sulfone groups is 1. The van der Waals surface area contributed by atoms with Gasteiger partial charge in [-0.05, 0) is 57.3 Å². The van der Waals surface area contributed by atoms with Gasteiger partial charge in [0.05, 0.1) is 12.3 Å². The van der Waals surface area contributed by atoms with Crippen LogP contribution in [0.25, 0.3) is 0 Å². The minimum atomic E-state index is -2.95. The lowest BCUT2D eigenvalue weighted by molar-refractivity contribution is 0.220. The van der Waals surface area contributed by atoms with Gasteiger partial charge in [0.1, 0.15) is 9.84 Å². The van der Waals surface area contributed by atoms with E-state index in [0.29, 0.717) is 13.0 Å². The summed E-state index contributed by atoms with van der Waals surface area (Å²) in [5, 5.41) is 6.59. The van der Waals surface area contributed by atoms with Gasteiger partial charge in [-0.1, -0.05) is 30.7 Å². The highest BCUT2D eigenvalue weighted by atomic mass is 32.2. The molecular formula is C21H36N4O2S. The molecule has 1 aliphatic heterocycles. The normalized spacial score (nSPS) is 17.3. The molecular weight excluding hydrogens is 372 g/mol. The quantitative estimate of drug-likeness (QED) is 0.485. The number of nitrogens with zero attached hydrogens (tertiary/aromatic N) is 2. The molecule has 7 heteroatoms. The van der Waals surface area contributed by atoms with E-state index in [-0.39, 0.29) is 11.8 Å². The van der Waals surface area contributed by atoms with Crippen LogP contribution >= 0.6 is 0 Å². The number of piperidine rings is 1. The van der Waals surface area contributed by atoms with E-state index >= 15 is 0 Å². The third kappa shape index (κ3) is 8.61. The third-order valence-electron chi connectivity index (χ3n) is 5.02. The van der Waals surface area contributed by atoms with Crippen LogP contribution in [0, 0.1) is 0 Å². The van der Waals surface area contributed by atoms with Crippen LogP contribution in [0.2, 0.25) is 0 Å². The molecule has 1 aromatic rings. The molecule has 1 aliphatic rings. The van der Waals surface area contributed by atoms with E-state index in [2.05, 4.69) is 39.8 Å². The standard InChI is InChI=1S/C21H36N4O2S/c1-4-22-21(24-18(2)12-15-28(3,26)27)23-16-19-10-6-7-11-20(19)17-25-13-8-5-9-14-25/h6-7,10-11,18H,4-5,8-9,12-17H2,1-3H3,(H2,22,23,24). The van der Waals surface area contributed by atoms with Gasteiger partial charge in [-0.2, -0.15) is 0 Å². The van der Waals surface area contributed by atoms with Crippen molar-refractivity contribution >= 4 is 15.8 Å². The highest BCUT2D eigenvalue weighted by molar-refractivity contribution is 7.90. The maximum atomic E-state index is 11.4. The molecule has 0 bridgehead atoms. The van der Waals surface area contributed by atoms with E-state index in [9.17, 15) is 8.42 Å². The molecule has 1 saturated heterocycles. The molecule has 0 aromatic heterocycles. The Morgan fingerprint density at radius 3 is 2.50 bits per heavy atom. The average Bonchev–Trinajstić information content (AvgIpc) is 2.66. The van der Waals surface area contributed by atoms with Gasteiger partial charge in [0.25, 0.3) is 0 Å². The Labute approximate surface area is 170 Å². The van der Waals surface area contributed by atoms with Crippen LogP contribution < -0.4 is 10.6 Å². The molecule has 0 radical (unpaired) electrons. The number of nitrogens with one attached hydrogen (secondary N) is 2. The largest absolute Gasteiger partial charge is 0.357 e. The van der Waals surface area contributed by atoms with Crippen molar-refractivity contribution in [3.8, 4) is 0 Å². The van der Waals surface area contributed by atoms with Crippen molar-refractivity contribution in [2.45, 2.75) is 58.7 Å². The van der Waals surface area contributed by atoms with E-state index in [1.165, 1.54) is 49.7 Å². The number of rotatable bonds is 9. The Morgan fingerprint density at radius 2 is 1.86 bits per heavy atom. The third-order valence-corrected chi connectivity index (χ3v) is 5.99. The Kier molecular flexibility index (Phi) is 9.25. The van der Waals surface area contributed by atoms with E-state index in [4.69, 9.17) is 4.99 Å². The minimum Gasteiger partial charge on any atom is -0.357 e. The zero-order chi connectivity index (χ0) is 20.4. The summed E-state index contributed by atoms with van der Waals surface area (Å²) in [6, 6.07) is 8.56. The summed E-state index contributed by atoms with van der Waals surface area (Å²) >= 11 is 0. The molecule has 1 atom stereocenters. The van der Waals surface area contributed by atoms with Gasteiger partial charge in [-0.25, -0.2) is 13.4 Å².